The average Bonchev–Trinajstić information content (AvgIpc) is 3.02. The van der Waals surface area contributed by atoms with Gasteiger partial charge in [0.2, 0.25) is 5.91 Å². The van der Waals surface area contributed by atoms with Gasteiger partial charge >= 0.3 is 0 Å². The number of imidazole rings is 1. The first-order valence-electron chi connectivity index (χ1n) is 9.03. The van der Waals surface area contributed by atoms with Crippen LogP contribution in [0.1, 0.15) is 30.8 Å². The molecule has 0 saturated carbocycles. The summed E-state index contributed by atoms with van der Waals surface area (Å²) in [5.74, 6) is 2.17. The third-order valence-corrected chi connectivity index (χ3v) is 5.13. The Hall–Kier alpha value is -2.44. The van der Waals surface area contributed by atoms with Crippen molar-refractivity contribution in [3.05, 3.63) is 36.3 Å². The molecule has 0 spiro atoms. The van der Waals surface area contributed by atoms with Gasteiger partial charge in [0.25, 0.3) is 0 Å². The van der Waals surface area contributed by atoms with Gasteiger partial charge in [0.1, 0.15) is 11.6 Å². The van der Waals surface area contributed by atoms with Crippen LogP contribution in [-0.4, -0.2) is 44.6 Å². The van der Waals surface area contributed by atoms with Crippen LogP contribution < -0.4 is 10.2 Å². The van der Waals surface area contributed by atoms with E-state index in [1.54, 1.807) is 18.6 Å². The summed E-state index contributed by atoms with van der Waals surface area (Å²) in [6.45, 7) is 4.49. The highest BCUT2D eigenvalue weighted by atomic mass is 16.2. The summed E-state index contributed by atoms with van der Waals surface area (Å²) in [6.07, 6.45) is 11.0. The molecular formula is C18H24N6O. The van der Waals surface area contributed by atoms with E-state index >= 15 is 0 Å². The van der Waals surface area contributed by atoms with Gasteiger partial charge in [-0.3, -0.25) is 9.78 Å². The van der Waals surface area contributed by atoms with Gasteiger partial charge in [-0.25, -0.2) is 9.97 Å². The summed E-state index contributed by atoms with van der Waals surface area (Å²) >= 11 is 0. The number of carbonyl (C=O) groups is 1. The van der Waals surface area contributed by atoms with Crippen molar-refractivity contribution in [1.29, 1.82) is 0 Å². The molecule has 0 bridgehead atoms. The molecular weight excluding hydrogens is 316 g/mol. The van der Waals surface area contributed by atoms with Gasteiger partial charge in [-0.2, -0.15) is 0 Å². The van der Waals surface area contributed by atoms with Gasteiger partial charge < -0.3 is 14.8 Å². The van der Waals surface area contributed by atoms with E-state index in [0.717, 1.165) is 56.1 Å². The normalized spacial score (nSPS) is 23.2. The third kappa shape index (κ3) is 3.50. The van der Waals surface area contributed by atoms with Crippen LogP contribution in [0, 0.1) is 12.8 Å². The maximum Gasteiger partial charge on any atom is 0.225 e. The highest BCUT2D eigenvalue weighted by Crippen LogP contribution is 2.22. The minimum atomic E-state index is 0.0154. The van der Waals surface area contributed by atoms with E-state index < -0.39 is 0 Å². The van der Waals surface area contributed by atoms with Crippen molar-refractivity contribution in [2.45, 2.75) is 45.2 Å². The maximum absolute atomic E-state index is 12.8. The minimum Gasteiger partial charge on any atom is -0.355 e. The second-order valence-electron chi connectivity index (χ2n) is 7.04. The number of hydrogen-bond acceptors (Lipinski definition) is 5. The highest BCUT2D eigenvalue weighted by molar-refractivity contribution is 5.79. The van der Waals surface area contributed by atoms with Crippen molar-refractivity contribution in [2.24, 2.45) is 5.92 Å². The Kier molecular flexibility index (Phi) is 4.38. The lowest BCUT2D eigenvalue weighted by atomic mass is 9.96. The van der Waals surface area contributed by atoms with Crippen molar-refractivity contribution in [3.8, 4) is 0 Å². The Labute approximate surface area is 147 Å². The van der Waals surface area contributed by atoms with Crippen LogP contribution >= 0.6 is 0 Å². The van der Waals surface area contributed by atoms with E-state index in [4.69, 9.17) is 0 Å². The minimum absolute atomic E-state index is 0.0154. The number of nitrogens with one attached hydrogen (secondary N) is 1. The molecule has 1 N–H and O–H groups in total. The molecule has 0 radical (unpaired) electrons. The van der Waals surface area contributed by atoms with Gasteiger partial charge in [0, 0.05) is 50.7 Å². The molecule has 2 aliphatic rings. The van der Waals surface area contributed by atoms with Gasteiger partial charge in [0.15, 0.2) is 0 Å². The number of rotatable bonds is 3. The molecule has 1 fully saturated rings. The largest absolute Gasteiger partial charge is 0.355 e. The molecule has 7 nitrogen and oxygen atoms in total. The molecule has 0 aromatic carbocycles. The van der Waals surface area contributed by atoms with Gasteiger partial charge in [0.05, 0.1) is 17.8 Å². The Morgan fingerprint density at radius 3 is 3.04 bits per heavy atom. The summed E-state index contributed by atoms with van der Waals surface area (Å²) in [6, 6.07) is 0.195. The van der Waals surface area contributed by atoms with Crippen molar-refractivity contribution in [3.63, 3.8) is 0 Å². The van der Waals surface area contributed by atoms with E-state index in [-0.39, 0.29) is 17.9 Å². The molecule has 2 atom stereocenters. The Balaban J connectivity index is 1.36. The van der Waals surface area contributed by atoms with Gasteiger partial charge in [-0.15, -0.1) is 0 Å². The Morgan fingerprint density at radius 2 is 2.20 bits per heavy atom. The van der Waals surface area contributed by atoms with E-state index in [0.29, 0.717) is 6.54 Å². The number of carbonyl (C=O) groups excluding carboxylic acids is 1. The summed E-state index contributed by atoms with van der Waals surface area (Å²) in [4.78, 5) is 28.0. The van der Waals surface area contributed by atoms with Crippen molar-refractivity contribution >= 4 is 11.7 Å². The number of anilines is 1. The zero-order valence-electron chi connectivity index (χ0n) is 14.6. The first-order valence-corrected chi connectivity index (χ1v) is 9.03. The summed E-state index contributed by atoms with van der Waals surface area (Å²) in [7, 11) is 0. The maximum atomic E-state index is 12.8. The monoisotopic (exact) mass is 340 g/mol. The quantitative estimate of drug-likeness (QED) is 0.912. The summed E-state index contributed by atoms with van der Waals surface area (Å²) in [5, 5.41) is 3.26. The second-order valence-corrected chi connectivity index (χ2v) is 7.04. The van der Waals surface area contributed by atoms with Crippen LogP contribution in [-0.2, 0) is 17.8 Å². The Bertz CT molecular complexity index is 743. The topological polar surface area (TPSA) is 75.9 Å². The molecule has 2 aromatic rings. The lowest BCUT2D eigenvalue weighted by molar-refractivity contribution is -0.126. The molecule has 1 saturated heterocycles. The highest BCUT2D eigenvalue weighted by Gasteiger charge is 2.29. The molecule has 25 heavy (non-hydrogen) atoms. The lowest BCUT2D eigenvalue weighted by Gasteiger charge is -2.34. The number of nitrogens with zero attached hydrogens (tertiary/aromatic N) is 5. The zero-order valence-corrected chi connectivity index (χ0v) is 14.6. The molecule has 4 rings (SSSR count). The summed E-state index contributed by atoms with van der Waals surface area (Å²) in [5.41, 5.74) is 1.05. The fourth-order valence-corrected chi connectivity index (χ4v) is 3.88. The van der Waals surface area contributed by atoms with Crippen LogP contribution in [0.3, 0.4) is 0 Å². The first-order chi connectivity index (χ1) is 12.2. The fourth-order valence-electron chi connectivity index (χ4n) is 3.88. The van der Waals surface area contributed by atoms with Gasteiger partial charge in [-0.1, -0.05) is 0 Å². The molecule has 4 heterocycles. The van der Waals surface area contributed by atoms with Crippen LogP contribution in [0.4, 0.5) is 5.82 Å². The molecule has 7 heteroatoms. The molecule has 0 unspecified atom stereocenters. The number of aromatic nitrogens is 4. The van der Waals surface area contributed by atoms with Gasteiger partial charge in [-0.05, 0) is 26.2 Å². The van der Waals surface area contributed by atoms with Crippen LogP contribution in [0.2, 0.25) is 0 Å². The third-order valence-electron chi connectivity index (χ3n) is 5.13. The predicted molar refractivity (Wildman–Crippen MR) is 94.2 cm³/mol. The van der Waals surface area contributed by atoms with Crippen molar-refractivity contribution < 1.29 is 4.79 Å². The molecule has 2 aliphatic heterocycles. The van der Waals surface area contributed by atoms with E-state index in [2.05, 4.69) is 35.9 Å². The van der Waals surface area contributed by atoms with Crippen LogP contribution in [0.25, 0.3) is 0 Å². The first kappa shape index (κ1) is 16.1. The van der Waals surface area contributed by atoms with E-state index in [1.165, 1.54) is 0 Å². The predicted octanol–water partition coefficient (Wildman–Crippen LogP) is 1.33. The number of hydrogen-bond donors (Lipinski definition) is 1. The fraction of sp³-hybridized carbons (Fsp3) is 0.556. The zero-order chi connectivity index (χ0) is 17.2. The lowest BCUT2D eigenvalue weighted by Crippen LogP contribution is -2.48. The number of piperidine rings is 1. The smallest absolute Gasteiger partial charge is 0.225 e. The average molecular weight is 340 g/mol. The van der Waals surface area contributed by atoms with Crippen LogP contribution in [0.5, 0.6) is 0 Å². The molecule has 2 aromatic heterocycles. The molecule has 0 aliphatic carbocycles. The molecule has 132 valence electrons. The number of fused-ring (bicyclic) bond motifs is 1. The van der Waals surface area contributed by atoms with Crippen LogP contribution in [0.15, 0.2) is 24.8 Å². The summed E-state index contributed by atoms with van der Waals surface area (Å²) < 4.78 is 2.18. The number of aryl methyl sites for hydroxylation is 2. The van der Waals surface area contributed by atoms with E-state index in [9.17, 15) is 4.79 Å². The second kappa shape index (κ2) is 6.82. The molecule has 1 amide bonds. The Morgan fingerprint density at radius 1 is 1.28 bits per heavy atom. The standard InChI is InChI=1S/C18H24N6O/c1-13-10-24-12-15(4-5-16(24)21-13)22-18(25)14-3-2-8-23(11-14)17-9-19-6-7-20-17/h6-7,9-10,14-15H,2-5,8,11-12H2,1H3,(H,22,25)/t14-,15-/m1/s1. The SMILES string of the molecule is Cc1cn2c(n1)CC[C@@H](NC(=O)[C@@H]1CCCN(c3cnccn3)C1)C2. The van der Waals surface area contributed by atoms with Crippen molar-refractivity contribution in [1.82, 2.24) is 24.8 Å². The van der Waals surface area contributed by atoms with Crippen molar-refractivity contribution in [2.75, 3.05) is 18.0 Å². The number of amides is 1. The van der Waals surface area contributed by atoms with E-state index in [1.807, 2.05) is 6.92 Å².